The topological polar surface area (TPSA) is 85.8 Å². The number of hydrogen-bond donors (Lipinski definition) is 1. The molecule has 0 aliphatic rings. The van der Waals surface area contributed by atoms with E-state index in [1.165, 1.54) is 33.4 Å². The summed E-state index contributed by atoms with van der Waals surface area (Å²) in [5.74, 6) is -0.482. The number of rotatable bonds is 6. The van der Waals surface area contributed by atoms with Crippen LogP contribution in [-0.4, -0.2) is 35.9 Å². The van der Waals surface area contributed by atoms with E-state index in [9.17, 15) is 18.0 Å². The summed E-state index contributed by atoms with van der Waals surface area (Å²) in [7, 11) is 0. The molecule has 31 heavy (non-hydrogen) atoms. The molecule has 4 aromatic rings. The van der Waals surface area contributed by atoms with E-state index >= 15 is 0 Å². The lowest BCUT2D eigenvalue weighted by Gasteiger charge is -2.06. The van der Waals surface area contributed by atoms with E-state index in [0.29, 0.717) is 22.8 Å². The average molecular weight is 447 g/mol. The highest BCUT2D eigenvalue weighted by Crippen LogP contribution is 2.30. The SMILES string of the molecule is Cc1nn(-c2ccc(C(F)(F)F)cc2)nc1CSc1ccc2cnn(CC(=O)O)c2c1. The van der Waals surface area contributed by atoms with E-state index in [-0.39, 0.29) is 6.54 Å². The summed E-state index contributed by atoms with van der Waals surface area (Å²) < 4.78 is 39.6. The van der Waals surface area contributed by atoms with E-state index in [0.717, 1.165) is 27.9 Å². The van der Waals surface area contributed by atoms with Crippen molar-refractivity contribution in [1.29, 1.82) is 0 Å². The van der Waals surface area contributed by atoms with Gasteiger partial charge in [-0.1, -0.05) is 6.07 Å². The zero-order chi connectivity index (χ0) is 22.2. The number of benzene rings is 2. The molecule has 0 aliphatic carbocycles. The highest BCUT2D eigenvalue weighted by Gasteiger charge is 2.30. The van der Waals surface area contributed by atoms with Crippen LogP contribution in [0.2, 0.25) is 0 Å². The monoisotopic (exact) mass is 447 g/mol. The molecule has 0 atom stereocenters. The number of fused-ring (bicyclic) bond motifs is 1. The highest BCUT2D eigenvalue weighted by atomic mass is 32.2. The van der Waals surface area contributed by atoms with Crippen molar-refractivity contribution in [3.63, 3.8) is 0 Å². The Morgan fingerprint density at radius 1 is 1.13 bits per heavy atom. The third-order valence-electron chi connectivity index (χ3n) is 4.58. The minimum Gasteiger partial charge on any atom is -0.480 e. The standard InChI is InChI=1S/C20H16F3N5O2S/c1-12-17(26-28(25-12)15-5-3-14(4-6-15)20(21,22)23)11-31-16-7-2-13-9-24-27(10-19(29)30)18(13)8-16/h2-9H,10-11H2,1H3,(H,29,30). The molecule has 160 valence electrons. The second kappa shape index (κ2) is 8.06. The van der Waals surface area contributed by atoms with Gasteiger partial charge in [0.15, 0.2) is 0 Å². The first-order valence-corrected chi connectivity index (χ1v) is 10.1. The quantitative estimate of drug-likeness (QED) is 0.443. The van der Waals surface area contributed by atoms with Crippen LogP contribution >= 0.6 is 11.8 Å². The molecular formula is C20H16F3N5O2S. The van der Waals surface area contributed by atoms with Crippen molar-refractivity contribution in [2.45, 2.75) is 30.3 Å². The Labute approximate surface area is 178 Å². The molecule has 0 saturated heterocycles. The van der Waals surface area contributed by atoms with Crippen LogP contribution in [0.15, 0.2) is 53.6 Å². The molecule has 4 rings (SSSR count). The highest BCUT2D eigenvalue weighted by molar-refractivity contribution is 7.98. The van der Waals surface area contributed by atoms with Crippen LogP contribution in [0.25, 0.3) is 16.6 Å². The molecule has 2 heterocycles. The number of alkyl halides is 3. The van der Waals surface area contributed by atoms with Crippen LogP contribution in [0, 0.1) is 6.92 Å². The summed E-state index contributed by atoms with van der Waals surface area (Å²) in [6.45, 7) is 1.56. The molecule has 0 aliphatic heterocycles. The van der Waals surface area contributed by atoms with Crippen molar-refractivity contribution in [1.82, 2.24) is 24.8 Å². The average Bonchev–Trinajstić information content (AvgIpc) is 3.28. The van der Waals surface area contributed by atoms with Gasteiger partial charge in [-0.25, -0.2) is 0 Å². The van der Waals surface area contributed by atoms with Crippen LogP contribution in [0.1, 0.15) is 17.0 Å². The summed E-state index contributed by atoms with van der Waals surface area (Å²) in [5, 5.41) is 22.7. The minimum absolute atomic E-state index is 0.224. The zero-order valence-electron chi connectivity index (χ0n) is 16.2. The van der Waals surface area contributed by atoms with E-state index in [4.69, 9.17) is 5.11 Å². The maximum absolute atomic E-state index is 12.7. The number of halogens is 3. The number of aliphatic carboxylic acids is 1. The van der Waals surface area contributed by atoms with E-state index in [1.54, 1.807) is 13.1 Å². The van der Waals surface area contributed by atoms with E-state index < -0.39 is 17.7 Å². The van der Waals surface area contributed by atoms with Crippen molar-refractivity contribution in [3.05, 3.63) is 65.6 Å². The predicted octanol–water partition coefficient (Wildman–Crippen LogP) is 4.32. The third-order valence-corrected chi connectivity index (χ3v) is 5.59. The molecule has 7 nitrogen and oxygen atoms in total. The van der Waals surface area contributed by atoms with Gasteiger partial charge in [0.2, 0.25) is 0 Å². The zero-order valence-corrected chi connectivity index (χ0v) is 17.0. The molecule has 0 amide bonds. The van der Waals surface area contributed by atoms with Gasteiger partial charge in [0.05, 0.1) is 34.4 Å². The van der Waals surface area contributed by atoms with Crippen molar-refractivity contribution < 1.29 is 23.1 Å². The van der Waals surface area contributed by atoms with Gasteiger partial charge in [0, 0.05) is 16.0 Å². The molecule has 0 unspecified atom stereocenters. The second-order valence-electron chi connectivity index (χ2n) is 6.77. The lowest BCUT2D eigenvalue weighted by Crippen LogP contribution is -2.09. The minimum atomic E-state index is -4.39. The molecule has 0 spiro atoms. The Morgan fingerprint density at radius 2 is 1.87 bits per heavy atom. The van der Waals surface area contributed by atoms with Crippen LogP contribution in [0.5, 0.6) is 0 Å². The van der Waals surface area contributed by atoms with Gasteiger partial charge in [-0.15, -0.1) is 11.8 Å². The van der Waals surface area contributed by atoms with Crippen LogP contribution in [0.3, 0.4) is 0 Å². The maximum atomic E-state index is 12.7. The van der Waals surface area contributed by atoms with Gasteiger partial charge in [-0.05, 0) is 43.3 Å². The number of carboxylic acid groups (broad SMARTS) is 1. The number of nitrogens with zero attached hydrogens (tertiary/aromatic N) is 5. The smallest absolute Gasteiger partial charge is 0.416 e. The lowest BCUT2D eigenvalue weighted by atomic mass is 10.2. The van der Waals surface area contributed by atoms with E-state index in [2.05, 4.69) is 15.3 Å². The van der Waals surface area contributed by atoms with E-state index in [1.807, 2.05) is 18.2 Å². The molecular weight excluding hydrogens is 431 g/mol. The number of aryl methyl sites for hydroxylation is 1. The first-order chi connectivity index (χ1) is 14.7. The number of hydrogen-bond acceptors (Lipinski definition) is 5. The van der Waals surface area contributed by atoms with Crippen LogP contribution in [-0.2, 0) is 23.3 Å². The van der Waals surface area contributed by atoms with Crippen molar-refractivity contribution >= 4 is 28.6 Å². The second-order valence-corrected chi connectivity index (χ2v) is 7.82. The van der Waals surface area contributed by atoms with Crippen molar-refractivity contribution in [2.75, 3.05) is 0 Å². The summed E-state index contributed by atoms with van der Waals surface area (Å²) in [5.41, 5.74) is 1.80. The Hall–Kier alpha value is -3.34. The molecule has 2 aromatic heterocycles. The van der Waals surface area contributed by atoms with Gasteiger partial charge in [-0.3, -0.25) is 9.48 Å². The lowest BCUT2D eigenvalue weighted by molar-refractivity contribution is -0.138. The molecule has 0 bridgehead atoms. The number of carboxylic acids is 1. The summed E-state index contributed by atoms with van der Waals surface area (Å²) in [6.07, 6.45) is -2.78. The van der Waals surface area contributed by atoms with Crippen molar-refractivity contribution in [2.24, 2.45) is 0 Å². The number of thioether (sulfide) groups is 1. The fourth-order valence-corrected chi connectivity index (χ4v) is 3.92. The van der Waals surface area contributed by atoms with Gasteiger partial charge in [0.25, 0.3) is 0 Å². The Bertz CT molecular complexity index is 1250. The summed E-state index contributed by atoms with van der Waals surface area (Å²) in [6, 6.07) is 10.3. The largest absolute Gasteiger partial charge is 0.480 e. The predicted molar refractivity (Wildman–Crippen MR) is 108 cm³/mol. The van der Waals surface area contributed by atoms with Crippen LogP contribution < -0.4 is 0 Å². The summed E-state index contributed by atoms with van der Waals surface area (Å²) in [4.78, 5) is 13.2. The first kappa shape index (κ1) is 20.9. The van der Waals surface area contributed by atoms with Crippen molar-refractivity contribution in [3.8, 4) is 5.69 Å². The summed E-state index contributed by atoms with van der Waals surface area (Å²) >= 11 is 1.49. The fourth-order valence-electron chi connectivity index (χ4n) is 2.99. The Morgan fingerprint density at radius 3 is 2.55 bits per heavy atom. The number of aromatic nitrogens is 5. The molecule has 0 saturated carbocycles. The Kier molecular flexibility index (Phi) is 5.44. The maximum Gasteiger partial charge on any atom is 0.416 e. The third kappa shape index (κ3) is 4.55. The van der Waals surface area contributed by atoms with Gasteiger partial charge >= 0.3 is 12.1 Å². The Balaban J connectivity index is 1.51. The van der Waals surface area contributed by atoms with Crippen LogP contribution in [0.4, 0.5) is 13.2 Å². The van der Waals surface area contributed by atoms with Gasteiger partial charge in [-0.2, -0.15) is 33.3 Å². The molecule has 2 aromatic carbocycles. The number of carbonyl (C=O) groups is 1. The normalized spacial score (nSPS) is 11.9. The fraction of sp³-hybridized carbons (Fsp3) is 0.200. The molecule has 0 fully saturated rings. The molecule has 1 N–H and O–H groups in total. The van der Waals surface area contributed by atoms with Gasteiger partial charge < -0.3 is 5.11 Å². The van der Waals surface area contributed by atoms with Gasteiger partial charge in [0.1, 0.15) is 6.54 Å². The first-order valence-electron chi connectivity index (χ1n) is 9.11. The molecule has 11 heteroatoms. The molecule has 0 radical (unpaired) electrons.